The predicted octanol–water partition coefficient (Wildman–Crippen LogP) is 0.241. The van der Waals surface area contributed by atoms with Crippen molar-refractivity contribution in [2.24, 2.45) is 0 Å². The van der Waals surface area contributed by atoms with Gasteiger partial charge in [-0.3, -0.25) is 0 Å². The van der Waals surface area contributed by atoms with E-state index in [1.54, 1.807) is 12.1 Å². The minimum atomic E-state index is -2.03. The van der Waals surface area contributed by atoms with Crippen molar-refractivity contribution in [2.75, 3.05) is 0 Å². The van der Waals surface area contributed by atoms with E-state index in [1.807, 2.05) is 0 Å². The first-order chi connectivity index (χ1) is 9.06. The smallest absolute Gasteiger partial charge is 1.00 e. The number of halogens is 2. The van der Waals surface area contributed by atoms with Crippen LogP contribution in [0.3, 0.4) is 0 Å². The number of hydrogen-bond acceptors (Lipinski definition) is 2. The average Bonchev–Trinajstić information content (AvgIpc) is 2.38. The van der Waals surface area contributed by atoms with E-state index in [0.717, 1.165) is 12.1 Å². The molecule has 0 heterocycles. The molecule has 0 bridgehead atoms. The molecule has 0 aliphatic heterocycles. The first-order valence-electron chi connectivity index (χ1n) is 5.34. The number of ether oxygens (including phenoxy) is 1. The zero-order valence-electron chi connectivity index (χ0n) is 11.7. The standard InChI is InChI=1S/C13H10F2O3S.Na.H/c14-10-3-6-13(12(15)7-10)18-8-9-1-4-11(5-2-9)19(16)17;;/h1-7H,8H2,(H,16,17);;/q;+1;-1. The molecule has 0 saturated heterocycles. The van der Waals surface area contributed by atoms with Gasteiger partial charge in [0.1, 0.15) is 12.4 Å². The third kappa shape index (κ3) is 4.64. The van der Waals surface area contributed by atoms with Crippen molar-refractivity contribution in [3.05, 3.63) is 59.7 Å². The molecule has 1 unspecified atom stereocenters. The fraction of sp³-hybridized carbons (Fsp3) is 0.0769. The second kappa shape index (κ2) is 7.85. The normalized spacial score (nSPS) is 11.6. The molecule has 0 amide bonds. The summed E-state index contributed by atoms with van der Waals surface area (Å²) in [6, 6.07) is 9.23. The summed E-state index contributed by atoms with van der Waals surface area (Å²) in [5.74, 6) is -1.48. The van der Waals surface area contributed by atoms with Gasteiger partial charge in [-0.05, 0) is 29.8 Å². The molecule has 0 aliphatic carbocycles. The molecule has 2 aromatic rings. The van der Waals surface area contributed by atoms with Crippen molar-refractivity contribution >= 4 is 11.1 Å². The summed E-state index contributed by atoms with van der Waals surface area (Å²) in [6.45, 7) is 0.0842. The van der Waals surface area contributed by atoms with E-state index < -0.39 is 22.7 Å². The molecule has 7 heteroatoms. The first kappa shape index (κ1) is 17.3. The van der Waals surface area contributed by atoms with Crippen LogP contribution in [0.1, 0.15) is 6.99 Å². The molecular formula is C13H11F2NaO3S. The Hall–Kier alpha value is -0.790. The molecule has 102 valence electrons. The van der Waals surface area contributed by atoms with Crippen LogP contribution in [-0.4, -0.2) is 8.76 Å². The predicted molar refractivity (Wildman–Crippen MR) is 67.3 cm³/mol. The molecule has 0 spiro atoms. The Kier molecular flexibility index (Phi) is 6.78. The van der Waals surface area contributed by atoms with Crippen molar-refractivity contribution < 1.29 is 53.3 Å². The molecule has 0 saturated carbocycles. The maximum Gasteiger partial charge on any atom is 1.00 e. The van der Waals surface area contributed by atoms with E-state index in [1.165, 1.54) is 18.2 Å². The molecule has 0 radical (unpaired) electrons. The second-order valence-corrected chi connectivity index (χ2v) is 4.73. The molecule has 0 aliphatic rings. The van der Waals surface area contributed by atoms with Gasteiger partial charge in [-0.1, -0.05) is 12.1 Å². The molecule has 2 rings (SSSR count). The molecule has 0 fully saturated rings. The number of benzene rings is 2. The van der Waals surface area contributed by atoms with Crippen molar-refractivity contribution in [1.82, 2.24) is 0 Å². The van der Waals surface area contributed by atoms with Gasteiger partial charge < -0.3 is 10.7 Å². The van der Waals surface area contributed by atoms with Crippen LogP contribution in [0.25, 0.3) is 0 Å². The molecular weight excluding hydrogens is 297 g/mol. The summed E-state index contributed by atoms with van der Waals surface area (Å²) in [5.41, 5.74) is 0.706. The zero-order chi connectivity index (χ0) is 13.8. The molecule has 1 atom stereocenters. The van der Waals surface area contributed by atoms with Gasteiger partial charge in [0.05, 0.1) is 4.90 Å². The quantitative estimate of drug-likeness (QED) is 0.650. The van der Waals surface area contributed by atoms with E-state index in [9.17, 15) is 13.0 Å². The van der Waals surface area contributed by atoms with Crippen molar-refractivity contribution in [1.29, 1.82) is 0 Å². The molecule has 20 heavy (non-hydrogen) atoms. The van der Waals surface area contributed by atoms with E-state index in [0.29, 0.717) is 5.56 Å². The van der Waals surface area contributed by atoms with Gasteiger partial charge in [0.2, 0.25) is 0 Å². The Labute approximate surface area is 141 Å². The van der Waals surface area contributed by atoms with Crippen molar-refractivity contribution in [3.8, 4) is 5.75 Å². The van der Waals surface area contributed by atoms with Gasteiger partial charge in [-0.2, -0.15) is 0 Å². The fourth-order valence-corrected chi connectivity index (χ4v) is 1.82. The number of hydrogen-bond donors (Lipinski definition) is 1. The Balaban J connectivity index is 0.00000200. The van der Waals surface area contributed by atoms with Gasteiger partial charge in [-0.25, -0.2) is 13.0 Å². The molecule has 0 aromatic heterocycles. The summed E-state index contributed by atoms with van der Waals surface area (Å²) in [6.07, 6.45) is 0. The topological polar surface area (TPSA) is 46.5 Å². The first-order valence-corrected chi connectivity index (χ1v) is 6.44. The summed E-state index contributed by atoms with van der Waals surface area (Å²) in [4.78, 5) is 0.275. The van der Waals surface area contributed by atoms with E-state index >= 15 is 0 Å². The van der Waals surface area contributed by atoms with Crippen LogP contribution in [0.5, 0.6) is 5.75 Å². The summed E-state index contributed by atoms with van der Waals surface area (Å²) in [5, 5.41) is 0. The minimum absolute atomic E-state index is 0. The largest absolute Gasteiger partial charge is 1.00 e. The van der Waals surface area contributed by atoms with Crippen LogP contribution in [0.4, 0.5) is 8.78 Å². The maximum atomic E-state index is 13.3. The Morgan fingerprint density at radius 1 is 1.15 bits per heavy atom. The monoisotopic (exact) mass is 308 g/mol. The zero-order valence-corrected chi connectivity index (χ0v) is 13.5. The molecule has 3 nitrogen and oxygen atoms in total. The Morgan fingerprint density at radius 2 is 1.80 bits per heavy atom. The average molecular weight is 308 g/mol. The van der Waals surface area contributed by atoms with E-state index in [2.05, 4.69) is 0 Å². The van der Waals surface area contributed by atoms with Crippen LogP contribution in [0.15, 0.2) is 47.4 Å². The van der Waals surface area contributed by atoms with Gasteiger partial charge in [-0.15, -0.1) is 0 Å². The van der Waals surface area contributed by atoms with Crippen molar-refractivity contribution in [3.63, 3.8) is 0 Å². The van der Waals surface area contributed by atoms with Crippen LogP contribution in [0.2, 0.25) is 0 Å². The second-order valence-electron chi connectivity index (χ2n) is 3.76. The molecule has 1 N–H and O–H groups in total. The van der Waals surface area contributed by atoms with E-state index in [4.69, 9.17) is 9.29 Å². The van der Waals surface area contributed by atoms with Gasteiger partial charge >= 0.3 is 29.6 Å². The van der Waals surface area contributed by atoms with Crippen molar-refractivity contribution in [2.45, 2.75) is 11.5 Å². The SMILES string of the molecule is O=S(O)c1ccc(COc2ccc(F)cc2F)cc1.[H-].[Na+]. The van der Waals surface area contributed by atoms with E-state index in [-0.39, 0.29) is 48.2 Å². The molecule has 2 aromatic carbocycles. The van der Waals surface area contributed by atoms with Crippen LogP contribution in [-0.2, 0) is 17.7 Å². The third-order valence-electron chi connectivity index (χ3n) is 2.41. The van der Waals surface area contributed by atoms with Crippen LogP contribution in [0, 0.1) is 11.6 Å². The van der Waals surface area contributed by atoms with Crippen LogP contribution < -0.4 is 34.3 Å². The number of rotatable bonds is 4. The Morgan fingerprint density at radius 3 is 2.35 bits per heavy atom. The van der Waals surface area contributed by atoms with Gasteiger partial charge in [0.15, 0.2) is 22.6 Å². The minimum Gasteiger partial charge on any atom is -1.00 e. The fourth-order valence-electron chi connectivity index (χ4n) is 1.46. The summed E-state index contributed by atoms with van der Waals surface area (Å²) in [7, 11) is 0. The Bertz CT molecular complexity index is 611. The van der Waals surface area contributed by atoms with Gasteiger partial charge in [0, 0.05) is 6.07 Å². The summed E-state index contributed by atoms with van der Waals surface area (Å²) < 4.78 is 50.8. The third-order valence-corrected chi connectivity index (χ3v) is 3.09. The van der Waals surface area contributed by atoms with Crippen LogP contribution >= 0.6 is 0 Å². The maximum absolute atomic E-state index is 13.3. The van der Waals surface area contributed by atoms with Gasteiger partial charge in [0.25, 0.3) is 0 Å². The summed E-state index contributed by atoms with van der Waals surface area (Å²) >= 11 is -2.03.